The third kappa shape index (κ3) is 7.79. The minimum atomic E-state index is -2.50. The lowest BCUT2D eigenvalue weighted by Gasteiger charge is -2.06. The molecule has 28 heavy (non-hydrogen) atoms. The molecule has 2 rings (SSSR count). The normalized spacial score (nSPS) is 10.9. The van der Waals surface area contributed by atoms with Gasteiger partial charge in [0.2, 0.25) is 0 Å². The summed E-state index contributed by atoms with van der Waals surface area (Å²) in [5.74, 6) is -2.96. The standard InChI is InChI=1S/C20H19F2NO4S/c1-2-26-16-8-3-14(4-9-16)5-12-19(25)27-13-18(24)23-15-6-10-17(11-7-15)28-20(21)22/h3-12,20H,2,13H2,1H3,(H,23,24). The van der Waals surface area contributed by atoms with Crippen molar-refractivity contribution in [1.29, 1.82) is 0 Å². The number of nitrogens with one attached hydrogen (secondary N) is 1. The fraction of sp³-hybridized carbons (Fsp3) is 0.200. The Hall–Kier alpha value is -2.87. The summed E-state index contributed by atoms with van der Waals surface area (Å²) in [5, 5.41) is 2.52. The Kier molecular flexibility index (Phi) is 8.48. The zero-order valence-corrected chi connectivity index (χ0v) is 15.9. The summed E-state index contributed by atoms with van der Waals surface area (Å²) >= 11 is 0.417. The van der Waals surface area contributed by atoms with Crippen molar-refractivity contribution in [3.8, 4) is 5.75 Å². The van der Waals surface area contributed by atoms with Crippen LogP contribution in [0.25, 0.3) is 6.08 Å². The maximum Gasteiger partial charge on any atom is 0.331 e. The number of rotatable bonds is 9. The van der Waals surface area contributed by atoms with Gasteiger partial charge in [0.1, 0.15) is 5.75 Å². The van der Waals surface area contributed by atoms with Crippen molar-refractivity contribution in [3.63, 3.8) is 0 Å². The van der Waals surface area contributed by atoms with Crippen LogP contribution in [0, 0.1) is 0 Å². The number of alkyl halides is 2. The van der Waals surface area contributed by atoms with Gasteiger partial charge in [0.05, 0.1) is 6.61 Å². The van der Waals surface area contributed by atoms with Crippen molar-refractivity contribution in [3.05, 3.63) is 60.2 Å². The fourth-order valence-electron chi connectivity index (χ4n) is 2.11. The summed E-state index contributed by atoms with van der Waals surface area (Å²) in [6.45, 7) is 2.00. The Morgan fingerprint density at radius 1 is 1.11 bits per heavy atom. The van der Waals surface area contributed by atoms with Gasteiger partial charge in [0, 0.05) is 16.7 Å². The number of hydrogen-bond donors (Lipinski definition) is 1. The first-order valence-corrected chi connectivity index (χ1v) is 9.26. The highest BCUT2D eigenvalue weighted by Crippen LogP contribution is 2.26. The molecule has 0 aliphatic rings. The van der Waals surface area contributed by atoms with Crippen LogP contribution >= 0.6 is 11.8 Å². The molecule has 0 radical (unpaired) electrons. The number of esters is 1. The molecule has 0 fully saturated rings. The first-order chi connectivity index (χ1) is 13.5. The summed E-state index contributed by atoms with van der Waals surface area (Å²) in [6, 6.07) is 13.1. The Bertz CT molecular complexity index is 808. The number of carbonyl (C=O) groups is 2. The van der Waals surface area contributed by atoms with Crippen molar-refractivity contribution >= 4 is 35.4 Å². The Morgan fingerprint density at radius 2 is 1.79 bits per heavy atom. The summed E-state index contributed by atoms with van der Waals surface area (Å²) in [6.07, 6.45) is 2.79. The largest absolute Gasteiger partial charge is 0.494 e. The van der Waals surface area contributed by atoms with Crippen LogP contribution in [0.2, 0.25) is 0 Å². The molecular formula is C20H19F2NO4S. The topological polar surface area (TPSA) is 64.6 Å². The summed E-state index contributed by atoms with van der Waals surface area (Å²) in [7, 11) is 0. The van der Waals surface area contributed by atoms with Crippen LogP contribution in [-0.2, 0) is 14.3 Å². The van der Waals surface area contributed by atoms with Crippen LogP contribution in [0.5, 0.6) is 5.75 Å². The molecule has 0 aliphatic carbocycles. The second-order valence-electron chi connectivity index (χ2n) is 5.39. The van der Waals surface area contributed by atoms with E-state index in [2.05, 4.69) is 5.32 Å². The average molecular weight is 407 g/mol. The van der Waals surface area contributed by atoms with E-state index in [0.717, 1.165) is 11.3 Å². The van der Waals surface area contributed by atoms with E-state index >= 15 is 0 Å². The van der Waals surface area contributed by atoms with E-state index in [-0.39, 0.29) is 0 Å². The zero-order valence-electron chi connectivity index (χ0n) is 15.1. The molecule has 0 aromatic heterocycles. The predicted molar refractivity (Wildman–Crippen MR) is 105 cm³/mol. The van der Waals surface area contributed by atoms with E-state index in [4.69, 9.17) is 9.47 Å². The molecule has 1 N–H and O–H groups in total. The molecule has 0 unspecified atom stereocenters. The van der Waals surface area contributed by atoms with Crippen molar-refractivity contribution < 1.29 is 27.8 Å². The first-order valence-electron chi connectivity index (χ1n) is 8.38. The summed E-state index contributed by atoms with van der Waals surface area (Å²) < 4.78 is 34.7. The number of ether oxygens (including phenoxy) is 2. The van der Waals surface area contributed by atoms with E-state index < -0.39 is 24.2 Å². The molecule has 5 nitrogen and oxygen atoms in total. The smallest absolute Gasteiger partial charge is 0.331 e. The molecule has 0 saturated carbocycles. The number of carbonyl (C=O) groups excluding carboxylic acids is 2. The van der Waals surface area contributed by atoms with Gasteiger partial charge in [-0.05, 0) is 55.0 Å². The number of halogens is 2. The molecule has 2 aromatic carbocycles. The Morgan fingerprint density at radius 3 is 2.39 bits per heavy atom. The van der Waals surface area contributed by atoms with Gasteiger partial charge in [-0.2, -0.15) is 8.78 Å². The van der Waals surface area contributed by atoms with E-state index in [1.807, 2.05) is 6.92 Å². The van der Waals surface area contributed by atoms with E-state index in [0.29, 0.717) is 29.0 Å². The average Bonchev–Trinajstić information content (AvgIpc) is 2.67. The maximum atomic E-state index is 12.3. The lowest BCUT2D eigenvalue weighted by molar-refractivity contribution is -0.142. The number of hydrogen-bond acceptors (Lipinski definition) is 5. The van der Waals surface area contributed by atoms with Gasteiger partial charge in [0.25, 0.3) is 11.7 Å². The fourth-order valence-corrected chi connectivity index (χ4v) is 2.61. The monoisotopic (exact) mass is 407 g/mol. The molecule has 0 aliphatic heterocycles. The summed E-state index contributed by atoms with van der Waals surface area (Å²) in [5.41, 5.74) is 1.20. The summed E-state index contributed by atoms with van der Waals surface area (Å²) in [4.78, 5) is 23.9. The van der Waals surface area contributed by atoms with Crippen LogP contribution in [0.3, 0.4) is 0 Å². The lowest BCUT2D eigenvalue weighted by atomic mass is 10.2. The molecule has 0 atom stereocenters. The molecule has 2 aromatic rings. The van der Waals surface area contributed by atoms with Gasteiger partial charge in [-0.25, -0.2) is 4.79 Å². The van der Waals surface area contributed by atoms with Crippen molar-refractivity contribution in [2.75, 3.05) is 18.5 Å². The molecule has 0 heterocycles. The second kappa shape index (κ2) is 11.1. The van der Waals surface area contributed by atoms with Crippen LogP contribution in [0.4, 0.5) is 14.5 Å². The van der Waals surface area contributed by atoms with E-state index in [1.54, 1.807) is 30.3 Å². The Balaban J connectivity index is 1.76. The third-order valence-electron chi connectivity index (χ3n) is 3.31. The highest BCUT2D eigenvalue weighted by atomic mass is 32.2. The number of amides is 1. The maximum absolute atomic E-state index is 12.3. The molecule has 1 amide bonds. The number of thioether (sulfide) groups is 1. The predicted octanol–water partition coefficient (Wildman–Crippen LogP) is 4.60. The van der Waals surface area contributed by atoms with Gasteiger partial charge < -0.3 is 14.8 Å². The SMILES string of the molecule is CCOc1ccc(C=CC(=O)OCC(=O)Nc2ccc(SC(F)F)cc2)cc1. The quantitative estimate of drug-likeness (QED) is 0.374. The molecular weight excluding hydrogens is 388 g/mol. The van der Waals surface area contributed by atoms with Crippen molar-refractivity contribution in [1.82, 2.24) is 0 Å². The van der Waals surface area contributed by atoms with Crippen LogP contribution in [-0.4, -0.2) is 30.8 Å². The lowest BCUT2D eigenvalue weighted by Crippen LogP contribution is -2.20. The van der Waals surface area contributed by atoms with Crippen LogP contribution in [0.15, 0.2) is 59.5 Å². The van der Waals surface area contributed by atoms with E-state index in [1.165, 1.54) is 30.3 Å². The molecule has 0 bridgehead atoms. The highest BCUT2D eigenvalue weighted by Gasteiger charge is 2.08. The molecule has 148 valence electrons. The van der Waals surface area contributed by atoms with Gasteiger partial charge in [-0.15, -0.1) is 0 Å². The zero-order chi connectivity index (χ0) is 20.4. The minimum absolute atomic E-state index is 0.388. The van der Waals surface area contributed by atoms with Gasteiger partial charge in [0.15, 0.2) is 6.61 Å². The molecule has 0 saturated heterocycles. The van der Waals surface area contributed by atoms with Crippen molar-refractivity contribution in [2.24, 2.45) is 0 Å². The van der Waals surface area contributed by atoms with Crippen molar-refractivity contribution in [2.45, 2.75) is 17.6 Å². The van der Waals surface area contributed by atoms with Gasteiger partial charge in [-0.3, -0.25) is 4.79 Å². The van der Waals surface area contributed by atoms with E-state index in [9.17, 15) is 18.4 Å². The van der Waals surface area contributed by atoms with Gasteiger partial charge in [-0.1, -0.05) is 23.9 Å². The third-order valence-corrected chi connectivity index (χ3v) is 4.03. The van der Waals surface area contributed by atoms with Crippen LogP contribution in [0.1, 0.15) is 12.5 Å². The Labute approximate surface area is 165 Å². The highest BCUT2D eigenvalue weighted by molar-refractivity contribution is 7.99. The minimum Gasteiger partial charge on any atom is -0.494 e. The number of anilines is 1. The molecule has 8 heteroatoms. The second-order valence-corrected chi connectivity index (χ2v) is 6.46. The van der Waals surface area contributed by atoms with Crippen LogP contribution < -0.4 is 10.1 Å². The van der Waals surface area contributed by atoms with Gasteiger partial charge >= 0.3 is 5.97 Å². The molecule has 0 spiro atoms. The number of benzene rings is 2. The first kappa shape index (κ1) is 21.4.